The van der Waals surface area contributed by atoms with Crippen molar-refractivity contribution in [3.8, 4) is 0 Å². The largest absolute Gasteiger partial charge is 3.00 e. The van der Waals surface area contributed by atoms with Gasteiger partial charge >= 0.3 is 40.8 Å². The molecule has 2 saturated heterocycles. The Morgan fingerprint density at radius 1 is 0.759 bits per heavy atom. The molecule has 2 aliphatic heterocycles. The molecule has 1 radical (unpaired) electrons. The molecule has 0 aromatic carbocycles. The third-order valence-corrected chi connectivity index (χ3v) is 4.51. The van der Waals surface area contributed by atoms with Crippen molar-refractivity contribution in [1.82, 2.24) is 26.1 Å². The van der Waals surface area contributed by atoms with Crippen molar-refractivity contribution in [1.29, 1.82) is 0 Å². The number of halogens is 3. The molecule has 11 heteroatoms. The van der Waals surface area contributed by atoms with Crippen molar-refractivity contribution in [3.63, 3.8) is 0 Å². The topological polar surface area (TPSA) is 68.1 Å². The van der Waals surface area contributed by atoms with Crippen LogP contribution < -0.4 is 48.3 Å². The van der Waals surface area contributed by atoms with E-state index >= 15 is 0 Å². The molecule has 2 fully saturated rings. The summed E-state index contributed by atoms with van der Waals surface area (Å²) in [7, 11) is 0. The Kier molecular flexibility index (Phi) is 19.4. The van der Waals surface area contributed by atoms with Crippen LogP contribution in [0, 0.1) is 47.8 Å². The monoisotopic (exact) mass is 590 g/mol. The molecule has 29 heavy (non-hydrogen) atoms. The zero-order valence-electron chi connectivity index (χ0n) is 16.8. The van der Waals surface area contributed by atoms with E-state index in [1.165, 1.54) is 38.5 Å². The predicted octanol–water partition coefficient (Wildman–Crippen LogP) is -6.95. The molecule has 0 aliphatic carbocycles. The summed E-state index contributed by atoms with van der Waals surface area (Å²) < 4.78 is 0. The maximum absolute atomic E-state index is 4.58. The quantitative estimate of drug-likeness (QED) is 0.254. The van der Waals surface area contributed by atoms with Crippen molar-refractivity contribution in [2.75, 3.05) is 26.2 Å². The summed E-state index contributed by atoms with van der Waals surface area (Å²) in [5.41, 5.74) is 9.03. The van der Waals surface area contributed by atoms with Crippen LogP contribution in [0.3, 0.4) is 0 Å². The summed E-state index contributed by atoms with van der Waals surface area (Å²) in [5.74, 6) is 0. The van der Waals surface area contributed by atoms with Crippen molar-refractivity contribution in [2.45, 2.75) is 45.4 Å². The first kappa shape index (κ1) is 31.4. The second-order valence-corrected chi connectivity index (χ2v) is 6.81. The van der Waals surface area contributed by atoms with E-state index in [1.807, 2.05) is 12.1 Å². The van der Waals surface area contributed by atoms with Crippen molar-refractivity contribution in [3.05, 3.63) is 29.1 Å². The molecule has 2 aliphatic rings. The standard InChI is InChI=1S/C18H29N7.3ClH.Nd/c1-16-12-17(14-19-22-24-8-4-2-5-9-24)21-18(13-16)15-20-23-25-10-6-3-7-11-25;;;;/h12-15,22-23H,2-11H2,1H3;3*1H;/q;;;;+3/p-3. The Hall–Kier alpha value is 0.231. The second kappa shape index (κ2) is 17.9. The van der Waals surface area contributed by atoms with Crippen LogP contribution in [-0.2, 0) is 0 Å². The summed E-state index contributed by atoms with van der Waals surface area (Å²) in [4.78, 5) is 4.58. The Morgan fingerprint density at radius 2 is 1.14 bits per heavy atom. The number of piperidine rings is 2. The van der Waals surface area contributed by atoms with Gasteiger partial charge in [0.15, 0.2) is 0 Å². The summed E-state index contributed by atoms with van der Waals surface area (Å²) in [6.07, 6.45) is 11.1. The molecule has 161 valence electrons. The number of aromatic nitrogens is 1. The number of hydrogen-bond donors (Lipinski definition) is 2. The maximum Gasteiger partial charge on any atom is 3.00 e. The van der Waals surface area contributed by atoms with Gasteiger partial charge in [-0.15, -0.1) is 0 Å². The van der Waals surface area contributed by atoms with E-state index in [0.29, 0.717) is 0 Å². The van der Waals surface area contributed by atoms with E-state index in [0.717, 1.165) is 43.1 Å². The minimum Gasteiger partial charge on any atom is -1.00 e. The van der Waals surface area contributed by atoms with E-state index in [9.17, 15) is 0 Å². The van der Waals surface area contributed by atoms with E-state index in [1.54, 1.807) is 12.4 Å². The Bertz CT molecular complexity index is 559. The maximum atomic E-state index is 4.58. The summed E-state index contributed by atoms with van der Waals surface area (Å²) in [6.45, 7) is 6.28. The average molecular weight is 594 g/mol. The molecule has 1 aromatic rings. The minimum atomic E-state index is 0. The molecular formula is C18H29Cl3N7Nd. The van der Waals surface area contributed by atoms with Gasteiger partial charge in [-0.05, 0) is 50.3 Å². The third-order valence-electron chi connectivity index (χ3n) is 4.51. The number of hydrazine groups is 2. The number of hydrazone groups is 2. The van der Waals surface area contributed by atoms with Crippen LogP contribution in [0.1, 0.15) is 55.5 Å². The van der Waals surface area contributed by atoms with Crippen LogP contribution in [0.5, 0.6) is 0 Å². The SMILES string of the molecule is Cc1cc(C=NNN2CCCCC2)nc(C=NNN2CCCCC2)c1.[Cl-].[Cl-].[Cl-].[Nd+3]. The van der Waals surface area contributed by atoms with Gasteiger partial charge in [-0.2, -0.15) is 10.2 Å². The van der Waals surface area contributed by atoms with E-state index in [-0.39, 0.29) is 78.1 Å². The number of rotatable bonds is 6. The van der Waals surface area contributed by atoms with Crippen LogP contribution in [0.4, 0.5) is 0 Å². The number of nitrogens with zero attached hydrogens (tertiary/aromatic N) is 5. The fraction of sp³-hybridized carbons (Fsp3) is 0.611. The van der Waals surface area contributed by atoms with Crippen LogP contribution in [0.25, 0.3) is 0 Å². The van der Waals surface area contributed by atoms with Gasteiger partial charge < -0.3 is 37.2 Å². The normalized spacial score (nSPS) is 17.6. The first-order valence-electron chi connectivity index (χ1n) is 9.36. The summed E-state index contributed by atoms with van der Waals surface area (Å²) in [6, 6.07) is 4.05. The van der Waals surface area contributed by atoms with E-state index in [4.69, 9.17) is 0 Å². The van der Waals surface area contributed by atoms with Crippen LogP contribution in [0.15, 0.2) is 22.3 Å². The predicted molar refractivity (Wildman–Crippen MR) is 101 cm³/mol. The second-order valence-electron chi connectivity index (χ2n) is 6.81. The zero-order chi connectivity index (χ0) is 17.3. The van der Waals surface area contributed by atoms with Crippen molar-refractivity contribution < 1.29 is 78.1 Å². The molecular weight excluding hydrogens is 565 g/mol. The van der Waals surface area contributed by atoms with Crippen LogP contribution in [-0.4, -0.2) is 53.6 Å². The van der Waals surface area contributed by atoms with Crippen molar-refractivity contribution >= 4 is 12.4 Å². The zero-order valence-corrected chi connectivity index (χ0v) is 22.2. The number of hydrogen-bond acceptors (Lipinski definition) is 7. The molecule has 0 spiro atoms. The Morgan fingerprint density at radius 3 is 1.52 bits per heavy atom. The molecule has 3 rings (SSSR count). The van der Waals surface area contributed by atoms with Crippen LogP contribution in [0.2, 0.25) is 0 Å². The number of pyridine rings is 1. The fourth-order valence-corrected chi connectivity index (χ4v) is 3.20. The van der Waals surface area contributed by atoms with Gasteiger partial charge in [0.25, 0.3) is 0 Å². The first-order chi connectivity index (χ1) is 12.3. The van der Waals surface area contributed by atoms with E-state index < -0.39 is 0 Å². The molecule has 0 bridgehead atoms. The van der Waals surface area contributed by atoms with E-state index in [2.05, 4.69) is 43.2 Å². The molecule has 0 atom stereocenters. The minimum absolute atomic E-state index is 0. The molecule has 0 unspecified atom stereocenters. The fourth-order valence-electron chi connectivity index (χ4n) is 3.20. The van der Waals surface area contributed by atoms with Gasteiger partial charge in [-0.25, -0.2) is 26.1 Å². The molecule has 3 heterocycles. The Balaban J connectivity index is 0. The first-order valence-corrected chi connectivity index (χ1v) is 9.36. The van der Waals surface area contributed by atoms with Gasteiger partial charge in [-0.3, -0.25) is 0 Å². The summed E-state index contributed by atoms with van der Waals surface area (Å²) >= 11 is 0. The van der Waals surface area contributed by atoms with Crippen LogP contribution >= 0.6 is 0 Å². The van der Waals surface area contributed by atoms with Gasteiger partial charge in [-0.1, -0.05) is 12.8 Å². The molecule has 1 aromatic heterocycles. The van der Waals surface area contributed by atoms with Gasteiger partial charge in [0.2, 0.25) is 0 Å². The molecule has 2 N–H and O–H groups in total. The third kappa shape index (κ3) is 12.0. The van der Waals surface area contributed by atoms with Gasteiger partial charge in [0.05, 0.1) is 23.8 Å². The van der Waals surface area contributed by atoms with Gasteiger partial charge in [0.1, 0.15) is 0 Å². The molecule has 0 amide bonds. The Labute approximate surface area is 225 Å². The summed E-state index contributed by atoms with van der Waals surface area (Å²) in [5, 5.41) is 12.9. The van der Waals surface area contributed by atoms with Crippen molar-refractivity contribution in [2.24, 2.45) is 10.2 Å². The molecule has 0 saturated carbocycles. The smallest absolute Gasteiger partial charge is 1.00 e. The average Bonchev–Trinajstić information content (AvgIpc) is 2.63. The number of aryl methyl sites for hydroxylation is 1. The van der Waals surface area contributed by atoms with Gasteiger partial charge in [0, 0.05) is 26.2 Å². The number of nitrogens with one attached hydrogen (secondary N) is 2. The molecule has 7 nitrogen and oxygen atoms in total.